The summed E-state index contributed by atoms with van der Waals surface area (Å²) < 4.78 is 32.2. The van der Waals surface area contributed by atoms with Crippen molar-refractivity contribution < 1.29 is 17.9 Å². The Morgan fingerprint density at radius 3 is 2.44 bits per heavy atom. The van der Waals surface area contributed by atoms with Gasteiger partial charge in [0.05, 0.1) is 17.9 Å². The molecule has 2 aromatic rings. The predicted molar refractivity (Wildman–Crippen MR) is 105 cm³/mol. The number of anilines is 1. The monoisotopic (exact) mass is 408 g/mol. The second kappa shape index (κ2) is 8.29. The Morgan fingerprint density at radius 1 is 1.15 bits per heavy atom. The number of amides is 1. The normalized spacial score (nSPS) is 18.1. The summed E-state index contributed by atoms with van der Waals surface area (Å²) in [4.78, 5) is 12.8. The van der Waals surface area contributed by atoms with Crippen molar-refractivity contribution in [3.63, 3.8) is 0 Å². The Balaban J connectivity index is 1.70. The molecule has 1 atom stereocenters. The molecule has 0 aliphatic carbocycles. The van der Waals surface area contributed by atoms with Crippen molar-refractivity contribution in [3.8, 4) is 5.75 Å². The van der Waals surface area contributed by atoms with E-state index in [1.807, 2.05) is 0 Å². The summed E-state index contributed by atoms with van der Waals surface area (Å²) in [6.45, 7) is 0.562. The molecule has 1 amide bonds. The zero-order valence-corrected chi connectivity index (χ0v) is 16.5. The maximum atomic E-state index is 12.9. The van der Waals surface area contributed by atoms with Gasteiger partial charge in [-0.2, -0.15) is 4.31 Å². The molecule has 6 nitrogen and oxygen atoms in total. The quantitative estimate of drug-likeness (QED) is 0.822. The molecule has 2 aromatic carbocycles. The van der Waals surface area contributed by atoms with Crippen LogP contribution in [-0.2, 0) is 14.8 Å². The van der Waals surface area contributed by atoms with Crippen molar-refractivity contribution in [2.24, 2.45) is 5.92 Å². The number of methoxy groups -OCH3 is 1. The van der Waals surface area contributed by atoms with Gasteiger partial charge >= 0.3 is 0 Å². The molecule has 1 unspecified atom stereocenters. The van der Waals surface area contributed by atoms with Crippen LogP contribution in [0.15, 0.2) is 53.4 Å². The lowest BCUT2D eigenvalue weighted by Gasteiger charge is -2.31. The summed E-state index contributed by atoms with van der Waals surface area (Å²) in [6, 6.07) is 13.1. The zero-order valence-electron chi connectivity index (χ0n) is 14.9. The molecule has 0 saturated carbocycles. The molecule has 144 valence electrons. The highest BCUT2D eigenvalue weighted by atomic mass is 35.5. The lowest BCUT2D eigenvalue weighted by molar-refractivity contribution is -0.120. The summed E-state index contributed by atoms with van der Waals surface area (Å²) in [7, 11) is -2.13. The van der Waals surface area contributed by atoms with Gasteiger partial charge in [0.15, 0.2) is 0 Å². The molecule has 0 aromatic heterocycles. The number of nitrogens with one attached hydrogen (secondary N) is 1. The van der Waals surface area contributed by atoms with E-state index in [1.54, 1.807) is 36.4 Å². The molecule has 8 heteroatoms. The van der Waals surface area contributed by atoms with Gasteiger partial charge in [0.2, 0.25) is 15.9 Å². The highest BCUT2D eigenvalue weighted by Crippen LogP contribution is 2.26. The predicted octanol–water partition coefficient (Wildman–Crippen LogP) is 3.39. The first kappa shape index (κ1) is 19.7. The van der Waals surface area contributed by atoms with E-state index < -0.39 is 15.9 Å². The number of hydrogen-bond donors (Lipinski definition) is 1. The van der Waals surface area contributed by atoms with Gasteiger partial charge in [0, 0.05) is 23.8 Å². The third kappa shape index (κ3) is 4.61. The van der Waals surface area contributed by atoms with Gasteiger partial charge in [0.1, 0.15) is 5.75 Å². The van der Waals surface area contributed by atoms with E-state index >= 15 is 0 Å². The molecular weight excluding hydrogens is 388 g/mol. The Labute approximate surface area is 164 Å². The maximum Gasteiger partial charge on any atom is 0.243 e. The number of rotatable bonds is 5. The van der Waals surface area contributed by atoms with Crippen LogP contribution in [-0.4, -0.2) is 38.8 Å². The smallest absolute Gasteiger partial charge is 0.243 e. The minimum Gasteiger partial charge on any atom is -0.497 e. The summed E-state index contributed by atoms with van der Waals surface area (Å²) in [5.74, 6) is 0.00205. The van der Waals surface area contributed by atoms with Gasteiger partial charge in [0.25, 0.3) is 0 Å². The van der Waals surface area contributed by atoms with E-state index in [4.69, 9.17) is 16.3 Å². The first-order valence-electron chi connectivity index (χ1n) is 8.61. The maximum absolute atomic E-state index is 12.9. The number of nitrogens with zero attached hydrogens (tertiary/aromatic N) is 1. The van der Waals surface area contributed by atoms with Crippen LogP contribution in [0.4, 0.5) is 5.69 Å². The average Bonchev–Trinajstić information content (AvgIpc) is 2.70. The fraction of sp³-hybridized carbons (Fsp3) is 0.316. The molecule has 0 spiro atoms. The third-order valence-corrected chi connectivity index (χ3v) is 6.70. The number of hydrogen-bond acceptors (Lipinski definition) is 4. The molecule has 1 heterocycles. The van der Waals surface area contributed by atoms with E-state index in [2.05, 4.69) is 5.32 Å². The molecule has 27 heavy (non-hydrogen) atoms. The number of carbonyl (C=O) groups is 1. The zero-order chi connectivity index (χ0) is 19.4. The number of piperidine rings is 1. The Bertz CT molecular complexity index is 898. The summed E-state index contributed by atoms with van der Waals surface area (Å²) in [5.41, 5.74) is 0.638. The average molecular weight is 409 g/mol. The van der Waals surface area contributed by atoms with Crippen LogP contribution in [0, 0.1) is 5.92 Å². The van der Waals surface area contributed by atoms with E-state index in [1.165, 1.54) is 23.5 Å². The minimum atomic E-state index is -3.65. The molecule has 1 N–H and O–H groups in total. The standard InChI is InChI=1S/C19H21ClN2O4S/c1-26-17-8-10-18(11-9-17)27(24,25)22-12-2-3-14(13-22)19(23)21-16-6-4-15(20)5-7-16/h4-11,14H,2-3,12-13H2,1H3,(H,21,23). The fourth-order valence-electron chi connectivity index (χ4n) is 3.05. The van der Waals surface area contributed by atoms with Crippen LogP contribution in [0.25, 0.3) is 0 Å². The van der Waals surface area contributed by atoms with Crippen LogP contribution < -0.4 is 10.1 Å². The van der Waals surface area contributed by atoms with Crippen molar-refractivity contribution in [3.05, 3.63) is 53.6 Å². The molecule has 1 saturated heterocycles. The van der Waals surface area contributed by atoms with Crippen LogP contribution in [0.5, 0.6) is 5.75 Å². The number of halogens is 1. The van der Waals surface area contributed by atoms with Crippen LogP contribution in [0.3, 0.4) is 0 Å². The Hall–Kier alpha value is -2.09. The largest absolute Gasteiger partial charge is 0.497 e. The lowest BCUT2D eigenvalue weighted by Crippen LogP contribution is -2.43. The Kier molecular flexibility index (Phi) is 6.04. The molecular formula is C19H21ClN2O4S. The van der Waals surface area contributed by atoms with Gasteiger partial charge in [-0.15, -0.1) is 0 Å². The number of carbonyl (C=O) groups excluding carboxylic acids is 1. The van der Waals surface area contributed by atoms with Gasteiger partial charge in [-0.3, -0.25) is 4.79 Å². The number of ether oxygens (including phenoxy) is 1. The number of sulfonamides is 1. The summed E-state index contributed by atoms with van der Waals surface area (Å²) >= 11 is 5.85. The first-order valence-corrected chi connectivity index (χ1v) is 10.4. The van der Waals surface area contributed by atoms with E-state index in [0.717, 1.165) is 0 Å². The van der Waals surface area contributed by atoms with Gasteiger partial charge in [-0.1, -0.05) is 11.6 Å². The molecule has 0 radical (unpaired) electrons. The first-order chi connectivity index (χ1) is 12.9. The highest BCUT2D eigenvalue weighted by molar-refractivity contribution is 7.89. The van der Waals surface area contributed by atoms with Crippen molar-refractivity contribution >= 4 is 33.2 Å². The van der Waals surface area contributed by atoms with Crippen molar-refractivity contribution in [2.75, 3.05) is 25.5 Å². The van der Waals surface area contributed by atoms with Crippen LogP contribution >= 0.6 is 11.6 Å². The second-order valence-corrected chi connectivity index (χ2v) is 8.75. The second-order valence-electron chi connectivity index (χ2n) is 6.37. The van der Waals surface area contributed by atoms with Crippen molar-refractivity contribution in [1.29, 1.82) is 0 Å². The van der Waals surface area contributed by atoms with Crippen LogP contribution in [0.2, 0.25) is 5.02 Å². The molecule has 1 aliphatic rings. The van der Waals surface area contributed by atoms with Crippen molar-refractivity contribution in [2.45, 2.75) is 17.7 Å². The molecule has 0 bridgehead atoms. The van der Waals surface area contributed by atoms with Gasteiger partial charge in [-0.25, -0.2) is 8.42 Å². The van der Waals surface area contributed by atoms with Gasteiger partial charge < -0.3 is 10.1 Å². The topological polar surface area (TPSA) is 75.7 Å². The van der Waals surface area contributed by atoms with Crippen molar-refractivity contribution in [1.82, 2.24) is 4.31 Å². The number of benzene rings is 2. The summed E-state index contributed by atoms with van der Waals surface area (Å²) in [6.07, 6.45) is 1.28. The fourth-order valence-corrected chi connectivity index (χ4v) is 4.70. The molecule has 1 aliphatic heterocycles. The summed E-state index contributed by atoms with van der Waals surface area (Å²) in [5, 5.41) is 3.42. The van der Waals surface area contributed by atoms with E-state index in [9.17, 15) is 13.2 Å². The van der Waals surface area contributed by atoms with Crippen LogP contribution in [0.1, 0.15) is 12.8 Å². The van der Waals surface area contributed by atoms with Gasteiger partial charge in [-0.05, 0) is 61.4 Å². The minimum absolute atomic E-state index is 0.161. The molecule has 1 fully saturated rings. The molecule has 3 rings (SSSR count). The third-order valence-electron chi connectivity index (χ3n) is 4.56. The SMILES string of the molecule is COc1ccc(S(=O)(=O)N2CCCC(C(=O)Nc3ccc(Cl)cc3)C2)cc1. The highest BCUT2D eigenvalue weighted by Gasteiger charge is 2.33. The lowest BCUT2D eigenvalue weighted by atomic mass is 9.99. The van der Waals surface area contributed by atoms with E-state index in [-0.39, 0.29) is 17.3 Å². The Morgan fingerprint density at radius 2 is 1.81 bits per heavy atom. The van der Waals surface area contributed by atoms with E-state index in [0.29, 0.717) is 35.8 Å².